The van der Waals surface area contributed by atoms with Crippen LogP contribution < -0.4 is 5.32 Å². The molecule has 1 heterocycles. The van der Waals surface area contributed by atoms with Gasteiger partial charge in [0.05, 0.1) is 0 Å². The van der Waals surface area contributed by atoms with Gasteiger partial charge in [-0.15, -0.1) is 11.3 Å². The summed E-state index contributed by atoms with van der Waals surface area (Å²) >= 11 is 7.47. The summed E-state index contributed by atoms with van der Waals surface area (Å²) < 4.78 is 0. The molecule has 20 heavy (non-hydrogen) atoms. The molecule has 0 radical (unpaired) electrons. The van der Waals surface area contributed by atoms with Crippen molar-refractivity contribution >= 4 is 28.9 Å². The van der Waals surface area contributed by atoms with Crippen LogP contribution in [0.2, 0.25) is 5.02 Å². The Morgan fingerprint density at radius 2 is 2.15 bits per heavy atom. The minimum Gasteiger partial charge on any atom is -0.477 e. The van der Waals surface area contributed by atoms with E-state index in [-0.39, 0.29) is 6.04 Å². The fourth-order valence-electron chi connectivity index (χ4n) is 2.00. The number of aromatic carboxylic acids is 1. The van der Waals surface area contributed by atoms with Crippen molar-refractivity contribution in [2.75, 3.05) is 0 Å². The first kappa shape index (κ1) is 15.0. The number of thiophene rings is 1. The van der Waals surface area contributed by atoms with Gasteiger partial charge in [0.25, 0.3) is 0 Å². The second-order valence-corrected chi connectivity index (χ2v) is 6.28. The second kappa shape index (κ2) is 6.39. The summed E-state index contributed by atoms with van der Waals surface area (Å²) in [6.07, 6.45) is 0. The first-order valence-corrected chi connectivity index (χ1v) is 7.49. The van der Waals surface area contributed by atoms with Crippen molar-refractivity contribution in [1.82, 2.24) is 5.32 Å². The molecule has 106 valence electrons. The van der Waals surface area contributed by atoms with Gasteiger partial charge in [-0.05, 0) is 37.1 Å². The van der Waals surface area contributed by atoms with Gasteiger partial charge < -0.3 is 10.4 Å². The van der Waals surface area contributed by atoms with Gasteiger partial charge >= 0.3 is 5.97 Å². The quantitative estimate of drug-likeness (QED) is 0.867. The van der Waals surface area contributed by atoms with E-state index < -0.39 is 5.97 Å². The number of aryl methyl sites for hydroxylation is 1. The molecule has 2 rings (SSSR count). The second-order valence-electron chi connectivity index (χ2n) is 4.62. The number of hydrogen-bond donors (Lipinski definition) is 2. The molecule has 0 bridgehead atoms. The highest BCUT2D eigenvalue weighted by Gasteiger charge is 2.13. The number of carbonyl (C=O) groups is 1. The number of carboxylic acids is 1. The molecule has 3 nitrogen and oxygen atoms in total. The van der Waals surface area contributed by atoms with E-state index in [1.54, 1.807) is 6.07 Å². The van der Waals surface area contributed by atoms with Crippen molar-refractivity contribution in [3.63, 3.8) is 0 Å². The van der Waals surface area contributed by atoms with Gasteiger partial charge in [-0.1, -0.05) is 29.8 Å². The Hall–Kier alpha value is -1.36. The van der Waals surface area contributed by atoms with E-state index in [9.17, 15) is 4.79 Å². The summed E-state index contributed by atoms with van der Waals surface area (Å²) in [5.74, 6) is -0.872. The number of halogens is 1. The lowest BCUT2D eigenvalue weighted by atomic mass is 10.1. The number of benzene rings is 1. The van der Waals surface area contributed by atoms with Crippen LogP contribution in [-0.2, 0) is 6.54 Å². The zero-order valence-electron chi connectivity index (χ0n) is 11.3. The molecule has 0 fully saturated rings. The van der Waals surface area contributed by atoms with Crippen LogP contribution >= 0.6 is 22.9 Å². The Kier molecular flexibility index (Phi) is 4.81. The van der Waals surface area contributed by atoms with Crippen LogP contribution in [0.4, 0.5) is 0 Å². The van der Waals surface area contributed by atoms with Gasteiger partial charge in [-0.3, -0.25) is 0 Å². The SMILES string of the molecule is Cc1sc(C(=O)O)cc1CN[C@@H](C)c1ccccc1Cl. The molecule has 1 atom stereocenters. The molecule has 0 saturated heterocycles. The molecule has 0 unspecified atom stereocenters. The molecule has 0 aliphatic heterocycles. The Labute approximate surface area is 127 Å². The number of hydrogen-bond acceptors (Lipinski definition) is 3. The third-order valence-corrected chi connectivity index (χ3v) is 4.63. The Balaban J connectivity index is 2.05. The highest BCUT2D eigenvalue weighted by Crippen LogP contribution is 2.25. The Morgan fingerprint density at radius 3 is 2.75 bits per heavy atom. The van der Waals surface area contributed by atoms with Crippen molar-refractivity contribution in [3.8, 4) is 0 Å². The smallest absolute Gasteiger partial charge is 0.345 e. The van der Waals surface area contributed by atoms with E-state index in [0.717, 1.165) is 21.0 Å². The topological polar surface area (TPSA) is 49.3 Å². The molecule has 1 aromatic carbocycles. The third kappa shape index (κ3) is 3.39. The molecule has 2 N–H and O–H groups in total. The van der Waals surface area contributed by atoms with Gasteiger partial charge in [0.1, 0.15) is 4.88 Å². The first-order valence-electron chi connectivity index (χ1n) is 6.29. The van der Waals surface area contributed by atoms with Crippen molar-refractivity contribution in [3.05, 3.63) is 56.2 Å². The van der Waals surface area contributed by atoms with Crippen LogP contribution in [-0.4, -0.2) is 11.1 Å². The molecule has 2 aromatic rings. The molecule has 0 spiro atoms. The van der Waals surface area contributed by atoms with E-state index in [2.05, 4.69) is 5.32 Å². The molecular formula is C15H16ClNO2S. The predicted molar refractivity (Wildman–Crippen MR) is 82.7 cm³/mol. The lowest BCUT2D eigenvalue weighted by molar-refractivity contribution is 0.0702. The van der Waals surface area contributed by atoms with Crippen LogP contribution in [0.25, 0.3) is 0 Å². The highest BCUT2D eigenvalue weighted by molar-refractivity contribution is 7.14. The van der Waals surface area contributed by atoms with Crippen LogP contribution in [0.3, 0.4) is 0 Å². The average molecular weight is 310 g/mol. The monoisotopic (exact) mass is 309 g/mol. The minimum atomic E-state index is -0.872. The van der Waals surface area contributed by atoms with Crippen LogP contribution in [0.15, 0.2) is 30.3 Å². The molecule has 1 aromatic heterocycles. The lowest BCUT2D eigenvalue weighted by Crippen LogP contribution is -2.18. The van der Waals surface area contributed by atoms with Crippen LogP contribution in [0.5, 0.6) is 0 Å². The van der Waals surface area contributed by atoms with Crippen molar-refractivity contribution in [2.24, 2.45) is 0 Å². The number of rotatable bonds is 5. The predicted octanol–water partition coefficient (Wildman–Crippen LogP) is 4.26. The van der Waals surface area contributed by atoms with Crippen LogP contribution in [0.1, 0.15) is 38.6 Å². The fourth-order valence-corrected chi connectivity index (χ4v) is 3.18. The largest absolute Gasteiger partial charge is 0.477 e. The standard InChI is InChI=1S/C15H16ClNO2S/c1-9(12-5-3-4-6-13(12)16)17-8-11-7-14(15(18)19)20-10(11)2/h3-7,9,17H,8H2,1-2H3,(H,18,19)/t9-/m0/s1. The molecule has 5 heteroatoms. The summed E-state index contributed by atoms with van der Waals surface area (Å²) in [6.45, 7) is 4.61. The van der Waals surface area contributed by atoms with E-state index in [0.29, 0.717) is 11.4 Å². The van der Waals surface area contributed by atoms with Crippen molar-refractivity contribution in [1.29, 1.82) is 0 Å². The fraction of sp³-hybridized carbons (Fsp3) is 0.267. The summed E-state index contributed by atoms with van der Waals surface area (Å²) in [5, 5.41) is 13.1. The Morgan fingerprint density at radius 1 is 1.45 bits per heavy atom. The summed E-state index contributed by atoms with van der Waals surface area (Å²) in [5.41, 5.74) is 2.06. The molecule has 0 aliphatic rings. The molecule has 0 amide bonds. The minimum absolute atomic E-state index is 0.108. The zero-order valence-corrected chi connectivity index (χ0v) is 12.9. The van der Waals surface area contributed by atoms with Crippen molar-refractivity contribution < 1.29 is 9.90 Å². The van der Waals surface area contributed by atoms with E-state index in [1.165, 1.54) is 11.3 Å². The number of carboxylic acid groups (broad SMARTS) is 1. The van der Waals surface area contributed by atoms with Gasteiger partial charge in [-0.25, -0.2) is 4.79 Å². The summed E-state index contributed by atoms with van der Waals surface area (Å²) in [6, 6.07) is 9.56. The summed E-state index contributed by atoms with van der Waals surface area (Å²) in [4.78, 5) is 12.4. The molecule has 0 saturated carbocycles. The van der Waals surface area contributed by atoms with Crippen LogP contribution in [0, 0.1) is 6.92 Å². The van der Waals surface area contributed by atoms with Gasteiger partial charge in [-0.2, -0.15) is 0 Å². The highest BCUT2D eigenvalue weighted by atomic mass is 35.5. The van der Waals surface area contributed by atoms with Gasteiger partial charge in [0, 0.05) is 22.5 Å². The lowest BCUT2D eigenvalue weighted by Gasteiger charge is -2.15. The Bertz CT molecular complexity index is 624. The summed E-state index contributed by atoms with van der Waals surface area (Å²) in [7, 11) is 0. The molecular weight excluding hydrogens is 294 g/mol. The zero-order chi connectivity index (χ0) is 14.7. The van der Waals surface area contributed by atoms with E-state index in [1.807, 2.05) is 38.1 Å². The molecule has 0 aliphatic carbocycles. The van der Waals surface area contributed by atoms with Gasteiger partial charge in [0.15, 0.2) is 0 Å². The number of nitrogens with one attached hydrogen (secondary N) is 1. The maximum Gasteiger partial charge on any atom is 0.345 e. The normalized spacial score (nSPS) is 12.3. The van der Waals surface area contributed by atoms with Crippen molar-refractivity contribution in [2.45, 2.75) is 26.4 Å². The first-order chi connectivity index (χ1) is 9.49. The van der Waals surface area contributed by atoms with E-state index in [4.69, 9.17) is 16.7 Å². The maximum absolute atomic E-state index is 10.9. The average Bonchev–Trinajstić information content (AvgIpc) is 2.78. The third-order valence-electron chi connectivity index (χ3n) is 3.20. The maximum atomic E-state index is 10.9. The van der Waals surface area contributed by atoms with Gasteiger partial charge in [0.2, 0.25) is 0 Å². The van der Waals surface area contributed by atoms with E-state index >= 15 is 0 Å².